The van der Waals surface area contributed by atoms with Crippen LogP contribution in [0.1, 0.15) is 0 Å². The van der Waals surface area contributed by atoms with Crippen LogP contribution in [-0.2, 0) is 9.59 Å². The minimum Gasteiger partial charge on any atom is -0.429 e. The maximum atomic E-state index is 14.5. The van der Waals surface area contributed by atoms with Crippen LogP contribution in [0.5, 0.6) is 11.5 Å². The van der Waals surface area contributed by atoms with Crippen molar-refractivity contribution >= 4 is 23.2 Å². The second-order valence-electron chi connectivity index (χ2n) is 5.18. The van der Waals surface area contributed by atoms with Crippen LogP contribution < -0.4 is 9.47 Å². The summed E-state index contributed by atoms with van der Waals surface area (Å²) in [5, 5.41) is 0.980. The molecule has 0 saturated heterocycles. The first kappa shape index (κ1) is 16.4. The van der Waals surface area contributed by atoms with Gasteiger partial charge in [-0.2, -0.15) is 0 Å². The molecule has 0 aliphatic heterocycles. The van der Waals surface area contributed by atoms with Gasteiger partial charge in [-0.1, -0.05) is 36.9 Å². The Morgan fingerprint density at radius 3 is 2.60 bits per heavy atom. The fourth-order valence-electron chi connectivity index (χ4n) is 2.48. The van der Waals surface area contributed by atoms with Crippen LogP contribution in [0.4, 0.5) is 4.39 Å². The van der Waals surface area contributed by atoms with Crippen molar-refractivity contribution in [3.05, 3.63) is 73.1 Å². The van der Waals surface area contributed by atoms with Gasteiger partial charge in [-0.3, -0.25) is 4.79 Å². The molecule has 0 bridgehead atoms. The predicted molar refractivity (Wildman–Crippen MR) is 91.9 cm³/mol. The van der Waals surface area contributed by atoms with E-state index >= 15 is 0 Å². The maximum Gasteiger partial charge on any atom is 0.335 e. The molecule has 0 heterocycles. The Balaban J connectivity index is 2.02. The topological polar surface area (TPSA) is 52.6 Å². The van der Waals surface area contributed by atoms with Crippen LogP contribution in [-0.4, -0.2) is 12.4 Å². The molecular formula is C20H13FO4. The van der Waals surface area contributed by atoms with Crippen molar-refractivity contribution in [2.24, 2.45) is 0 Å². The lowest BCUT2D eigenvalue weighted by Crippen LogP contribution is -2.04. The fraction of sp³-hybridized carbons (Fsp3) is 0. The molecule has 5 heteroatoms. The highest BCUT2D eigenvalue weighted by atomic mass is 19.1. The van der Waals surface area contributed by atoms with Crippen molar-refractivity contribution in [2.75, 3.05) is 0 Å². The summed E-state index contributed by atoms with van der Waals surface area (Å²) in [5.74, 6) is -1.06. The van der Waals surface area contributed by atoms with Crippen LogP contribution in [0.15, 0.2) is 67.3 Å². The smallest absolute Gasteiger partial charge is 0.335 e. The average molecular weight is 336 g/mol. The molecule has 3 rings (SSSR count). The molecular weight excluding hydrogens is 323 g/mol. The quantitative estimate of drug-likeness (QED) is 0.302. The van der Waals surface area contributed by atoms with E-state index in [0.29, 0.717) is 23.0 Å². The van der Waals surface area contributed by atoms with Gasteiger partial charge in [-0.25, -0.2) is 9.18 Å². The summed E-state index contributed by atoms with van der Waals surface area (Å²) in [4.78, 5) is 21.7. The molecule has 0 spiro atoms. The third-order valence-corrected chi connectivity index (χ3v) is 3.65. The maximum absolute atomic E-state index is 14.5. The first-order valence-corrected chi connectivity index (χ1v) is 7.39. The minimum absolute atomic E-state index is 0.147. The molecule has 0 fully saturated rings. The Labute approximate surface area is 143 Å². The first-order valence-electron chi connectivity index (χ1n) is 7.39. The van der Waals surface area contributed by atoms with E-state index in [2.05, 4.69) is 6.58 Å². The molecule has 124 valence electrons. The molecule has 25 heavy (non-hydrogen) atoms. The Bertz CT molecular complexity index is 979. The van der Waals surface area contributed by atoms with Gasteiger partial charge in [0.05, 0.1) is 0 Å². The SMILES string of the molecule is C=CC(=O)Oc1ccc2cc(-c3cccc(OC=O)c3)ccc2c1F. The fourth-order valence-corrected chi connectivity index (χ4v) is 2.48. The van der Waals surface area contributed by atoms with Gasteiger partial charge in [0.2, 0.25) is 0 Å². The van der Waals surface area contributed by atoms with Gasteiger partial charge in [0.15, 0.2) is 11.6 Å². The van der Waals surface area contributed by atoms with Crippen LogP contribution in [0.3, 0.4) is 0 Å². The van der Waals surface area contributed by atoms with E-state index in [4.69, 9.17) is 9.47 Å². The van der Waals surface area contributed by atoms with Crippen molar-refractivity contribution in [3.8, 4) is 22.6 Å². The zero-order chi connectivity index (χ0) is 17.8. The number of fused-ring (bicyclic) bond motifs is 1. The van der Waals surface area contributed by atoms with Gasteiger partial charge >= 0.3 is 5.97 Å². The molecule has 0 unspecified atom stereocenters. The Morgan fingerprint density at radius 1 is 1.04 bits per heavy atom. The van der Waals surface area contributed by atoms with Crippen LogP contribution in [0.25, 0.3) is 21.9 Å². The number of esters is 1. The van der Waals surface area contributed by atoms with Gasteiger partial charge in [-0.15, -0.1) is 0 Å². The Morgan fingerprint density at radius 2 is 1.84 bits per heavy atom. The third-order valence-electron chi connectivity index (χ3n) is 3.65. The summed E-state index contributed by atoms with van der Waals surface area (Å²) in [7, 11) is 0. The van der Waals surface area contributed by atoms with Gasteiger partial charge in [0.25, 0.3) is 6.47 Å². The molecule has 0 amide bonds. The lowest BCUT2D eigenvalue weighted by Gasteiger charge is -2.09. The second-order valence-corrected chi connectivity index (χ2v) is 5.18. The van der Waals surface area contributed by atoms with Gasteiger partial charge in [-0.05, 0) is 40.8 Å². The normalized spacial score (nSPS) is 10.3. The standard InChI is InChI=1S/C20H13FO4/c1-2-19(23)25-18-9-7-15-10-14(6-8-17(15)20(18)21)13-4-3-5-16(11-13)24-12-22/h2-12H,1H2. The van der Waals surface area contributed by atoms with E-state index in [1.165, 1.54) is 6.07 Å². The van der Waals surface area contributed by atoms with Crippen LogP contribution in [0.2, 0.25) is 0 Å². The molecule has 0 aromatic heterocycles. The van der Waals surface area contributed by atoms with Crippen molar-refractivity contribution in [3.63, 3.8) is 0 Å². The molecule has 0 atom stereocenters. The van der Waals surface area contributed by atoms with Gasteiger partial charge in [0, 0.05) is 11.5 Å². The highest BCUT2D eigenvalue weighted by molar-refractivity contribution is 5.90. The molecule has 4 nitrogen and oxygen atoms in total. The average Bonchev–Trinajstić information content (AvgIpc) is 2.64. The summed E-state index contributed by atoms with van der Waals surface area (Å²) >= 11 is 0. The zero-order valence-corrected chi connectivity index (χ0v) is 13.1. The molecule has 3 aromatic rings. The molecule has 3 aromatic carbocycles. The van der Waals surface area contributed by atoms with Crippen molar-refractivity contribution in [1.29, 1.82) is 0 Å². The molecule has 0 aliphatic rings. The monoisotopic (exact) mass is 336 g/mol. The second kappa shape index (κ2) is 6.97. The van der Waals surface area contributed by atoms with E-state index in [-0.39, 0.29) is 5.75 Å². The van der Waals surface area contributed by atoms with Crippen molar-refractivity contribution in [2.45, 2.75) is 0 Å². The Hall–Kier alpha value is -3.47. The van der Waals surface area contributed by atoms with Crippen LogP contribution >= 0.6 is 0 Å². The molecule has 0 N–H and O–H groups in total. The highest BCUT2D eigenvalue weighted by Gasteiger charge is 2.12. The van der Waals surface area contributed by atoms with Gasteiger partial charge in [0.1, 0.15) is 5.75 Å². The number of carbonyl (C=O) groups is 2. The number of ether oxygens (including phenoxy) is 2. The number of rotatable bonds is 5. The van der Waals surface area contributed by atoms with E-state index in [1.807, 2.05) is 6.07 Å². The Kier molecular flexibility index (Phi) is 4.57. The van der Waals surface area contributed by atoms with Crippen LogP contribution in [0, 0.1) is 5.82 Å². The zero-order valence-electron chi connectivity index (χ0n) is 13.1. The number of hydrogen-bond donors (Lipinski definition) is 0. The first-order chi connectivity index (χ1) is 12.1. The largest absolute Gasteiger partial charge is 0.429 e. The number of carbonyl (C=O) groups excluding carboxylic acids is 2. The van der Waals surface area contributed by atoms with E-state index in [0.717, 1.165) is 17.2 Å². The van der Waals surface area contributed by atoms with Crippen molar-refractivity contribution in [1.82, 2.24) is 0 Å². The highest BCUT2D eigenvalue weighted by Crippen LogP contribution is 2.31. The molecule has 0 saturated carbocycles. The van der Waals surface area contributed by atoms with E-state index < -0.39 is 11.8 Å². The predicted octanol–water partition coefficient (Wildman–Crippen LogP) is 4.27. The molecule has 0 aliphatic carbocycles. The summed E-state index contributed by atoms with van der Waals surface area (Å²) < 4.78 is 24.2. The minimum atomic E-state index is -0.720. The van der Waals surface area contributed by atoms with E-state index in [1.54, 1.807) is 42.5 Å². The number of hydrogen-bond acceptors (Lipinski definition) is 4. The van der Waals surface area contributed by atoms with E-state index in [9.17, 15) is 14.0 Å². The van der Waals surface area contributed by atoms with Crippen molar-refractivity contribution < 1.29 is 23.5 Å². The summed E-state index contributed by atoms with van der Waals surface area (Å²) in [6, 6.07) is 15.2. The number of benzene rings is 3. The summed E-state index contributed by atoms with van der Waals surface area (Å²) in [5.41, 5.74) is 1.66. The third kappa shape index (κ3) is 3.40. The number of halogens is 1. The summed E-state index contributed by atoms with van der Waals surface area (Å²) in [6.45, 7) is 3.65. The lowest BCUT2D eigenvalue weighted by atomic mass is 10.0. The lowest BCUT2D eigenvalue weighted by molar-refractivity contribution is -0.129. The summed E-state index contributed by atoms with van der Waals surface area (Å²) in [6.07, 6.45) is 0.973. The van der Waals surface area contributed by atoms with Gasteiger partial charge < -0.3 is 9.47 Å². The molecule has 0 radical (unpaired) electrons.